The van der Waals surface area contributed by atoms with Crippen molar-refractivity contribution in [3.63, 3.8) is 0 Å². The van der Waals surface area contributed by atoms with Crippen LogP contribution in [0, 0.1) is 13.8 Å². The van der Waals surface area contributed by atoms with Crippen LogP contribution in [0.3, 0.4) is 0 Å². The molecule has 0 radical (unpaired) electrons. The van der Waals surface area contributed by atoms with Crippen LogP contribution < -0.4 is 0 Å². The van der Waals surface area contributed by atoms with Crippen molar-refractivity contribution in [3.05, 3.63) is 49.9 Å². The molecule has 17 heavy (non-hydrogen) atoms. The number of nitrogens with zero attached hydrogens (tertiary/aromatic N) is 1. The Bertz CT molecular complexity index is 562. The smallest absolute Gasteiger partial charge is 0.169 e. The van der Waals surface area contributed by atoms with Gasteiger partial charge in [-0.3, -0.25) is 4.79 Å². The number of hydrogen-bond acceptors (Lipinski definition) is 3. The lowest BCUT2D eigenvalue weighted by atomic mass is 10.0. The van der Waals surface area contributed by atoms with Crippen molar-refractivity contribution in [2.75, 3.05) is 0 Å². The first kappa shape index (κ1) is 12.5. The Balaban J connectivity index is 2.23. The lowest BCUT2D eigenvalue weighted by molar-refractivity contribution is 0.0991. The number of aromatic nitrogens is 1. The van der Waals surface area contributed by atoms with Gasteiger partial charge in [-0.15, -0.1) is 11.3 Å². The fraction of sp³-hybridized carbons (Fsp3) is 0.231. The number of rotatable bonds is 3. The van der Waals surface area contributed by atoms with Crippen molar-refractivity contribution in [1.29, 1.82) is 0 Å². The molecule has 2 aromatic rings. The van der Waals surface area contributed by atoms with Gasteiger partial charge >= 0.3 is 0 Å². The monoisotopic (exact) mass is 309 g/mol. The minimum absolute atomic E-state index is 0.103. The van der Waals surface area contributed by atoms with Crippen LogP contribution in [0.5, 0.6) is 0 Å². The first-order chi connectivity index (χ1) is 8.08. The average Bonchev–Trinajstić information content (AvgIpc) is 2.68. The maximum absolute atomic E-state index is 12.1. The predicted octanol–water partition coefficient (Wildman–Crippen LogP) is 3.95. The number of hydrogen-bond donors (Lipinski definition) is 0. The molecule has 0 aliphatic rings. The van der Waals surface area contributed by atoms with E-state index >= 15 is 0 Å². The van der Waals surface area contributed by atoms with Crippen LogP contribution in [0.1, 0.15) is 26.6 Å². The maximum atomic E-state index is 12.1. The first-order valence-electron chi connectivity index (χ1n) is 5.27. The highest BCUT2D eigenvalue weighted by molar-refractivity contribution is 9.10. The van der Waals surface area contributed by atoms with E-state index in [1.165, 1.54) is 0 Å². The summed E-state index contributed by atoms with van der Waals surface area (Å²) in [5.41, 5.74) is 2.66. The predicted molar refractivity (Wildman–Crippen MR) is 73.8 cm³/mol. The molecule has 0 bridgehead atoms. The van der Waals surface area contributed by atoms with Gasteiger partial charge in [-0.2, -0.15) is 0 Å². The number of Topliss-reactive ketones (excluding diaryl/α,β-unsaturated/α-hetero) is 1. The van der Waals surface area contributed by atoms with E-state index in [0.29, 0.717) is 6.42 Å². The van der Waals surface area contributed by atoms with Crippen LogP contribution >= 0.6 is 27.3 Å². The van der Waals surface area contributed by atoms with E-state index in [-0.39, 0.29) is 5.78 Å². The SMILES string of the molecule is Cc1nc(CC(=O)c2cccc(C)c2Br)cs1. The van der Waals surface area contributed by atoms with Crippen molar-refractivity contribution in [3.8, 4) is 0 Å². The van der Waals surface area contributed by atoms with Crippen molar-refractivity contribution < 1.29 is 4.79 Å². The van der Waals surface area contributed by atoms with Crippen molar-refractivity contribution in [2.24, 2.45) is 0 Å². The van der Waals surface area contributed by atoms with Gasteiger partial charge in [0.05, 0.1) is 17.1 Å². The number of aryl methyl sites for hydroxylation is 2. The minimum Gasteiger partial charge on any atom is -0.294 e. The topological polar surface area (TPSA) is 30.0 Å². The maximum Gasteiger partial charge on any atom is 0.169 e. The highest BCUT2D eigenvalue weighted by Gasteiger charge is 2.13. The molecular weight excluding hydrogens is 298 g/mol. The molecule has 1 aromatic carbocycles. The molecule has 0 atom stereocenters. The molecule has 88 valence electrons. The summed E-state index contributed by atoms with van der Waals surface area (Å²) in [6, 6.07) is 5.73. The second-order valence-corrected chi connectivity index (χ2v) is 5.75. The molecule has 0 spiro atoms. The number of carbonyl (C=O) groups is 1. The third kappa shape index (κ3) is 2.82. The van der Waals surface area contributed by atoms with Gasteiger partial charge in [-0.05, 0) is 35.3 Å². The van der Waals surface area contributed by atoms with Crippen LogP contribution in [-0.4, -0.2) is 10.8 Å². The summed E-state index contributed by atoms with van der Waals surface area (Å²) in [6.45, 7) is 3.93. The molecule has 0 aliphatic carbocycles. The number of carbonyl (C=O) groups excluding carboxylic acids is 1. The molecule has 2 rings (SSSR count). The molecule has 2 nitrogen and oxygen atoms in total. The molecule has 0 saturated heterocycles. The zero-order valence-electron chi connectivity index (χ0n) is 9.66. The van der Waals surface area contributed by atoms with Gasteiger partial charge in [-0.1, -0.05) is 18.2 Å². The molecule has 0 aliphatic heterocycles. The Morgan fingerprint density at radius 2 is 2.18 bits per heavy atom. The van der Waals surface area contributed by atoms with Crippen LogP contribution in [0.2, 0.25) is 0 Å². The fourth-order valence-corrected chi connectivity index (χ4v) is 2.71. The largest absolute Gasteiger partial charge is 0.294 e. The first-order valence-corrected chi connectivity index (χ1v) is 6.94. The summed E-state index contributed by atoms with van der Waals surface area (Å²) in [7, 11) is 0. The quantitative estimate of drug-likeness (QED) is 0.804. The summed E-state index contributed by atoms with van der Waals surface area (Å²) in [5, 5.41) is 2.94. The summed E-state index contributed by atoms with van der Waals surface area (Å²) >= 11 is 5.03. The third-order valence-electron chi connectivity index (χ3n) is 2.50. The third-order valence-corrected chi connectivity index (χ3v) is 4.38. The van der Waals surface area contributed by atoms with Gasteiger partial charge < -0.3 is 0 Å². The van der Waals surface area contributed by atoms with E-state index < -0.39 is 0 Å². The summed E-state index contributed by atoms with van der Waals surface area (Å²) in [4.78, 5) is 16.4. The normalized spacial score (nSPS) is 10.5. The van der Waals surface area contributed by atoms with Crippen LogP contribution in [0.15, 0.2) is 28.1 Å². The molecule has 0 N–H and O–H groups in total. The molecule has 4 heteroatoms. The number of halogens is 1. The Labute approximate surface area is 113 Å². The van der Waals surface area contributed by atoms with Gasteiger partial charge in [0.25, 0.3) is 0 Å². The van der Waals surface area contributed by atoms with Crippen molar-refractivity contribution >= 4 is 33.0 Å². The van der Waals surface area contributed by atoms with E-state index in [2.05, 4.69) is 20.9 Å². The van der Waals surface area contributed by atoms with Crippen LogP contribution in [-0.2, 0) is 6.42 Å². The lowest BCUT2D eigenvalue weighted by Crippen LogP contribution is -2.05. The lowest BCUT2D eigenvalue weighted by Gasteiger charge is -2.04. The van der Waals surface area contributed by atoms with Gasteiger partial charge in [0.2, 0.25) is 0 Å². The second-order valence-electron chi connectivity index (χ2n) is 3.89. The van der Waals surface area contributed by atoms with Gasteiger partial charge in [-0.25, -0.2) is 4.98 Å². The minimum atomic E-state index is 0.103. The van der Waals surface area contributed by atoms with E-state index in [1.54, 1.807) is 11.3 Å². The molecule has 0 fully saturated rings. The molecule has 0 amide bonds. The van der Waals surface area contributed by atoms with E-state index in [9.17, 15) is 4.79 Å². The van der Waals surface area contributed by atoms with Gasteiger partial charge in [0.1, 0.15) is 0 Å². The summed E-state index contributed by atoms with van der Waals surface area (Å²) in [6.07, 6.45) is 0.367. The highest BCUT2D eigenvalue weighted by atomic mass is 79.9. The molecular formula is C13H12BrNOS. The van der Waals surface area contributed by atoms with E-state index in [0.717, 1.165) is 26.3 Å². The van der Waals surface area contributed by atoms with Crippen LogP contribution in [0.4, 0.5) is 0 Å². The Morgan fingerprint density at radius 1 is 1.41 bits per heavy atom. The summed E-state index contributed by atoms with van der Waals surface area (Å²) < 4.78 is 0.886. The Morgan fingerprint density at radius 3 is 2.82 bits per heavy atom. The molecule has 0 saturated carbocycles. The Kier molecular flexibility index (Phi) is 3.74. The number of ketones is 1. The van der Waals surface area contributed by atoms with Crippen molar-refractivity contribution in [1.82, 2.24) is 4.98 Å². The molecule has 0 unspecified atom stereocenters. The van der Waals surface area contributed by atoms with E-state index in [1.807, 2.05) is 37.4 Å². The van der Waals surface area contributed by atoms with Gasteiger partial charge in [0, 0.05) is 15.4 Å². The number of thiazole rings is 1. The van der Waals surface area contributed by atoms with Crippen molar-refractivity contribution in [2.45, 2.75) is 20.3 Å². The number of benzene rings is 1. The zero-order valence-corrected chi connectivity index (χ0v) is 12.1. The summed E-state index contributed by atoms with van der Waals surface area (Å²) in [5.74, 6) is 0.103. The van der Waals surface area contributed by atoms with Gasteiger partial charge in [0.15, 0.2) is 5.78 Å². The highest BCUT2D eigenvalue weighted by Crippen LogP contribution is 2.22. The molecule has 1 heterocycles. The Hall–Kier alpha value is -1.000. The standard InChI is InChI=1S/C13H12BrNOS/c1-8-4-3-5-11(13(8)14)12(16)6-10-7-17-9(2)15-10/h3-5,7H,6H2,1-2H3. The van der Waals surface area contributed by atoms with E-state index in [4.69, 9.17) is 0 Å². The second kappa shape index (κ2) is 5.10. The fourth-order valence-electron chi connectivity index (χ4n) is 1.61. The average molecular weight is 310 g/mol. The molecule has 1 aromatic heterocycles. The van der Waals surface area contributed by atoms with Crippen LogP contribution in [0.25, 0.3) is 0 Å². The zero-order chi connectivity index (χ0) is 12.4.